The lowest BCUT2D eigenvalue weighted by molar-refractivity contribution is -0.116. The third-order valence-corrected chi connectivity index (χ3v) is 4.99. The van der Waals surface area contributed by atoms with Gasteiger partial charge in [0.25, 0.3) is 0 Å². The predicted octanol–water partition coefficient (Wildman–Crippen LogP) is 3.66. The van der Waals surface area contributed by atoms with Crippen molar-refractivity contribution < 1.29 is 13.9 Å². The van der Waals surface area contributed by atoms with Crippen LogP contribution in [0, 0.1) is 0 Å². The Kier molecular flexibility index (Phi) is 5.23. The van der Waals surface area contributed by atoms with Crippen LogP contribution in [-0.2, 0) is 11.3 Å². The van der Waals surface area contributed by atoms with Crippen LogP contribution >= 0.6 is 11.8 Å². The smallest absolute Gasteiger partial charge is 0.192 e. The number of rotatable bonds is 7. The molecule has 0 spiro atoms. The van der Waals surface area contributed by atoms with Crippen LogP contribution in [-0.4, -0.2) is 32.9 Å². The van der Waals surface area contributed by atoms with Crippen molar-refractivity contribution >= 4 is 17.5 Å². The fourth-order valence-corrected chi connectivity index (χ4v) is 3.14. The number of Topliss-reactive ketones (excluding diaryl/α,β-unsaturated/α-hetero) is 1. The Bertz CT molecular complexity index is 858. The third kappa shape index (κ3) is 3.93. The summed E-state index contributed by atoms with van der Waals surface area (Å²) in [6, 6.07) is 11.4. The number of benzene rings is 1. The molecule has 130 valence electrons. The number of carbonyl (C=O) groups is 1. The Morgan fingerprint density at radius 2 is 2.16 bits per heavy atom. The first kappa shape index (κ1) is 17.3. The standard InChI is InChI=1S/C18H19N3O3S/c1-12(22)13(2)25-18-20-19-17(14-6-4-7-15(10-14)23-3)21(18)11-16-8-5-9-24-16/h4-10,13H,11H2,1-3H3. The van der Waals surface area contributed by atoms with Gasteiger partial charge < -0.3 is 9.15 Å². The SMILES string of the molecule is COc1cccc(-c2nnc(SC(C)C(C)=O)n2Cc2ccco2)c1. The van der Waals surface area contributed by atoms with E-state index < -0.39 is 0 Å². The van der Waals surface area contributed by atoms with Crippen LogP contribution in [0.5, 0.6) is 5.75 Å². The summed E-state index contributed by atoms with van der Waals surface area (Å²) in [6.07, 6.45) is 1.63. The first-order valence-electron chi connectivity index (χ1n) is 7.85. The van der Waals surface area contributed by atoms with E-state index in [0.717, 1.165) is 17.1 Å². The van der Waals surface area contributed by atoms with E-state index in [2.05, 4.69) is 10.2 Å². The average Bonchev–Trinajstić information content (AvgIpc) is 3.26. The average molecular weight is 357 g/mol. The fourth-order valence-electron chi connectivity index (χ4n) is 2.29. The van der Waals surface area contributed by atoms with Gasteiger partial charge in [0.15, 0.2) is 11.0 Å². The van der Waals surface area contributed by atoms with Crippen LogP contribution in [0.2, 0.25) is 0 Å². The van der Waals surface area contributed by atoms with Crippen molar-refractivity contribution in [2.45, 2.75) is 30.8 Å². The molecule has 0 fully saturated rings. The largest absolute Gasteiger partial charge is 0.497 e. The van der Waals surface area contributed by atoms with E-state index in [1.54, 1.807) is 20.3 Å². The van der Waals surface area contributed by atoms with Gasteiger partial charge in [0, 0.05) is 5.56 Å². The fraction of sp³-hybridized carbons (Fsp3) is 0.278. The van der Waals surface area contributed by atoms with Gasteiger partial charge in [0.2, 0.25) is 0 Å². The van der Waals surface area contributed by atoms with Crippen LogP contribution in [0.4, 0.5) is 0 Å². The maximum Gasteiger partial charge on any atom is 0.192 e. The molecule has 1 aromatic carbocycles. The molecule has 0 N–H and O–H groups in total. The second-order valence-corrected chi connectivity index (χ2v) is 6.88. The number of aromatic nitrogens is 3. The summed E-state index contributed by atoms with van der Waals surface area (Å²) in [4.78, 5) is 11.6. The summed E-state index contributed by atoms with van der Waals surface area (Å²) in [5, 5.41) is 9.11. The van der Waals surface area contributed by atoms with Crippen LogP contribution in [0.25, 0.3) is 11.4 Å². The summed E-state index contributed by atoms with van der Waals surface area (Å²) >= 11 is 1.39. The van der Waals surface area contributed by atoms with Gasteiger partial charge in [-0.2, -0.15) is 0 Å². The minimum absolute atomic E-state index is 0.0977. The van der Waals surface area contributed by atoms with E-state index in [9.17, 15) is 4.79 Å². The number of ether oxygens (including phenoxy) is 1. The maximum atomic E-state index is 11.6. The molecule has 2 aromatic heterocycles. The molecule has 3 aromatic rings. The highest BCUT2D eigenvalue weighted by Crippen LogP contribution is 2.29. The molecule has 1 atom stereocenters. The first-order chi connectivity index (χ1) is 12.1. The van der Waals surface area contributed by atoms with E-state index in [1.165, 1.54) is 11.8 Å². The maximum absolute atomic E-state index is 11.6. The van der Waals surface area contributed by atoms with E-state index in [1.807, 2.05) is 47.9 Å². The van der Waals surface area contributed by atoms with Crippen molar-refractivity contribution in [3.05, 3.63) is 48.4 Å². The molecule has 0 amide bonds. The number of hydrogen-bond donors (Lipinski definition) is 0. The van der Waals surface area contributed by atoms with Crippen molar-refractivity contribution in [1.29, 1.82) is 0 Å². The number of thioether (sulfide) groups is 1. The van der Waals surface area contributed by atoms with Crippen molar-refractivity contribution in [1.82, 2.24) is 14.8 Å². The molecule has 7 heteroatoms. The minimum atomic E-state index is -0.197. The zero-order valence-electron chi connectivity index (χ0n) is 14.3. The van der Waals surface area contributed by atoms with Crippen molar-refractivity contribution in [2.24, 2.45) is 0 Å². The predicted molar refractivity (Wildman–Crippen MR) is 95.8 cm³/mol. The Hall–Kier alpha value is -2.54. The highest BCUT2D eigenvalue weighted by Gasteiger charge is 2.20. The normalized spacial score (nSPS) is 12.1. The van der Waals surface area contributed by atoms with Gasteiger partial charge in [-0.25, -0.2) is 0 Å². The van der Waals surface area contributed by atoms with Gasteiger partial charge in [-0.05, 0) is 38.1 Å². The molecule has 0 aliphatic rings. The van der Waals surface area contributed by atoms with Crippen molar-refractivity contribution in [2.75, 3.05) is 7.11 Å². The molecule has 2 heterocycles. The molecule has 0 saturated heterocycles. The molecule has 1 unspecified atom stereocenters. The third-order valence-electron chi connectivity index (χ3n) is 3.79. The number of methoxy groups -OCH3 is 1. The molecule has 6 nitrogen and oxygen atoms in total. The molecule has 0 aliphatic heterocycles. The summed E-state index contributed by atoms with van der Waals surface area (Å²) < 4.78 is 12.7. The summed E-state index contributed by atoms with van der Waals surface area (Å²) in [5.74, 6) is 2.34. The topological polar surface area (TPSA) is 70.2 Å². The van der Waals surface area contributed by atoms with Crippen LogP contribution in [0.3, 0.4) is 0 Å². The summed E-state index contributed by atoms with van der Waals surface area (Å²) in [5.41, 5.74) is 0.890. The van der Waals surface area contributed by atoms with E-state index in [-0.39, 0.29) is 11.0 Å². The second kappa shape index (κ2) is 7.57. The minimum Gasteiger partial charge on any atom is -0.497 e. The van der Waals surface area contributed by atoms with Gasteiger partial charge >= 0.3 is 0 Å². The molecule has 3 rings (SSSR count). The van der Waals surface area contributed by atoms with E-state index >= 15 is 0 Å². The molecular weight excluding hydrogens is 338 g/mol. The number of carbonyl (C=O) groups excluding carboxylic acids is 1. The quantitative estimate of drug-likeness (QED) is 0.601. The van der Waals surface area contributed by atoms with E-state index in [4.69, 9.17) is 9.15 Å². The number of hydrogen-bond acceptors (Lipinski definition) is 6. The molecular formula is C18H19N3O3S. The lowest BCUT2D eigenvalue weighted by Crippen LogP contribution is -2.11. The monoisotopic (exact) mass is 357 g/mol. The number of furan rings is 1. The van der Waals surface area contributed by atoms with Crippen molar-refractivity contribution in [3.8, 4) is 17.1 Å². The Balaban J connectivity index is 2.01. The zero-order chi connectivity index (χ0) is 17.8. The molecule has 0 aliphatic carbocycles. The van der Waals surface area contributed by atoms with Crippen LogP contribution in [0.1, 0.15) is 19.6 Å². The lowest BCUT2D eigenvalue weighted by Gasteiger charge is -2.11. The Morgan fingerprint density at radius 3 is 2.84 bits per heavy atom. The molecule has 0 bridgehead atoms. The number of ketones is 1. The van der Waals surface area contributed by atoms with Gasteiger partial charge in [0.05, 0.1) is 25.2 Å². The zero-order valence-corrected chi connectivity index (χ0v) is 15.1. The number of nitrogens with zero attached hydrogens (tertiary/aromatic N) is 3. The van der Waals surface area contributed by atoms with Crippen LogP contribution in [0.15, 0.2) is 52.2 Å². The summed E-state index contributed by atoms with van der Waals surface area (Å²) in [6.45, 7) is 3.93. The second-order valence-electron chi connectivity index (χ2n) is 5.57. The lowest BCUT2D eigenvalue weighted by atomic mass is 10.2. The van der Waals surface area contributed by atoms with Gasteiger partial charge in [-0.15, -0.1) is 10.2 Å². The van der Waals surface area contributed by atoms with Crippen LogP contribution < -0.4 is 4.74 Å². The first-order valence-corrected chi connectivity index (χ1v) is 8.73. The molecule has 0 saturated carbocycles. The Morgan fingerprint density at radius 1 is 1.32 bits per heavy atom. The Labute approximate surface area is 150 Å². The molecule has 0 radical (unpaired) electrons. The highest BCUT2D eigenvalue weighted by atomic mass is 32.2. The van der Waals surface area contributed by atoms with Crippen molar-refractivity contribution in [3.63, 3.8) is 0 Å². The van der Waals surface area contributed by atoms with Gasteiger partial charge in [-0.1, -0.05) is 23.9 Å². The summed E-state index contributed by atoms with van der Waals surface area (Å²) in [7, 11) is 1.63. The van der Waals surface area contributed by atoms with Gasteiger partial charge in [-0.3, -0.25) is 9.36 Å². The van der Waals surface area contributed by atoms with E-state index in [0.29, 0.717) is 17.5 Å². The highest BCUT2D eigenvalue weighted by molar-refractivity contribution is 8.00. The molecule has 25 heavy (non-hydrogen) atoms. The van der Waals surface area contributed by atoms with Gasteiger partial charge in [0.1, 0.15) is 17.3 Å².